The first-order valence-electron chi connectivity index (χ1n) is 14.4. The number of benzene rings is 2. The van der Waals surface area contributed by atoms with Gasteiger partial charge in [-0.3, -0.25) is 4.79 Å². The van der Waals surface area contributed by atoms with Crippen LogP contribution in [-0.4, -0.2) is 12.5 Å². The van der Waals surface area contributed by atoms with E-state index < -0.39 is 5.82 Å². The minimum atomic E-state index is -0.412. The Labute approximate surface area is 248 Å². The Morgan fingerprint density at radius 1 is 0.897 bits per heavy atom. The first-order chi connectivity index (χ1) is 18.7. The van der Waals surface area contributed by atoms with E-state index in [0.717, 1.165) is 30.6 Å². The highest BCUT2D eigenvalue weighted by molar-refractivity contribution is 7.07. The molecule has 3 rings (SSSR count). The maximum absolute atomic E-state index is 14.5. The molecule has 0 aliphatic heterocycles. The summed E-state index contributed by atoms with van der Waals surface area (Å²) >= 11 is 1.66. The fourth-order valence-electron chi connectivity index (χ4n) is 4.61. The largest absolute Gasteiger partial charge is 1.00 e. The standard InChI is InChI=1S/C32H43FN2O2S.BrH/c1-2-3-4-5-6-7-8-9-10-11-12-13-22-37-32-28(15-14-16-30(32)33)24-31(36)34-29-19-17-27(18-20-29)25-35-21-23-38-26-35;/h14-21,23,26H,2-13,22,24-25H2,1H3;1H. The number of nitrogens with one attached hydrogen (secondary N) is 1. The van der Waals surface area contributed by atoms with Crippen molar-refractivity contribution in [3.05, 3.63) is 76.5 Å². The van der Waals surface area contributed by atoms with Crippen molar-refractivity contribution in [3.63, 3.8) is 0 Å². The van der Waals surface area contributed by atoms with Crippen LogP contribution in [0.5, 0.6) is 5.75 Å². The highest BCUT2D eigenvalue weighted by Crippen LogP contribution is 2.24. The third-order valence-electron chi connectivity index (χ3n) is 6.77. The maximum Gasteiger partial charge on any atom is 0.228 e. The molecular weight excluding hydrogens is 575 g/mol. The third-order valence-corrected chi connectivity index (χ3v) is 7.45. The Balaban J connectivity index is 0.00000533. The SMILES string of the molecule is CCCCCCCCCCCCCCOc1c(F)cccc1CC(=O)Nc1ccc(C[n+]2ccsc2)cc1.[Br-]. The summed E-state index contributed by atoms with van der Waals surface area (Å²) in [5, 5.41) is 4.96. The van der Waals surface area contributed by atoms with Gasteiger partial charge in [-0.25, -0.2) is 4.39 Å². The van der Waals surface area contributed by atoms with Crippen molar-refractivity contribution >= 4 is 22.9 Å². The molecule has 0 radical (unpaired) electrons. The van der Waals surface area contributed by atoms with Gasteiger partial charge in [-0.2, -0.15) is 4.57 Å². The molecular formula is C32H44BrFN2O2S. The van der Waals surface area contributed by atoms with E-state index in [1.54, 1.807) is 23.5 Å². The van der Waals surface area contributed by atoms with Crippen LogP contribution in [0.25, 0.3) is 0 Å². The zero-order chi connectivity index (χ0) is 26.8. The van der Waals surface area contributed by atoms with E-state index in [-0.39, 0.29) is 35.1 Å². The van der Waals surface area contributed by atoms with Crippen LogP contribution in [0.15, 0.2) is 59.6 Å². The van der Waals surface area contributed by atoms with Crippen LogP contribution in [0.3, 0.4) is 0 Å². The zero-order valence-corrected chi connectivity index (χ0v) is 25.7. The topological polar surface area (TPSA) is 42.2 Å². The predicted octanol–water partition coefficient (Wildman–Crippen LogP) is 5.49. The molecule has 2 aromatic carbocycles. The molecule has 0 saturated heterocycles. The van der Waals surface area contributed by atoms with Crippen molar-refractivity contribution in [1.82, 2.24) is 0 Å². The molecule has 0 aliphatic rings. The fraction of sp³-hybridized carbons (Fsp3) is 0.500. The smallest absolute Gasteiger partial charge is 0.228 e. The Bertz CT molecular complexity index is 1060. The van der Waals surface area contributed by atoms with E-state index in [1.807, 2.05) is 35.8 Å². The number of rotatable bonds is 19. The number of thiazole rings is 1. The number of amides is 1. The quantitative estimate of drug-likeness (QED) is 0.143. The molecule has 0 fully saturated rings. The average molecular weight is 620 g/mol. The minimum absolute atomic E-state index is 0. The lowest BCUT2D eigenvalue weighted by Crippen LogP contribution is -3.00. The highest BCUT2D eigenvalue weighted by Gasteiger charge is 2.14. The lowest BCUT2D eigenvalue weighted by Gasteiger charge is -2.13. The first-order valence-corrected chi connectivity index (χ1v) is 15.3. The molecule has 4 nitrogen and oxygen atoms in total. The van der Waals surface area contributed by atoms with Gasteiger partial charge >= 0.3 is 0 Å². The number of halogens is 2. The second-order valence-corrected chi connectivity index (χ2v) is 10.8. The van der Waals surface area contributed by atoms with Gasteiger partial charge in [-0.05, 0) is 24.6 Å². The van der Waals surface area contributed by atoms with E-state index >= 15 is 0 Å². The monoisotopic (exact) mass is 618 g/mol. The van der Waals surface area contributed by atoms with E-state index in [1.165, 1.54) is 70.3 Å². The van der Waals surface area contributed by atoms with Crippen molar-refractivity contribution in [1.29, 1.82) is 0 Å². The molecule has 214 valence electrons. The zero-order valence-electron chi connectivity index (χ0n) is 23.3. The summed E-state index contributed by atoms with van der Waals surface area (Å²) in [7, 11) is 0. The fourth-order valence-corrected chi connectivity index (χ4v) is 5.20. The number of ether oxygens (including phenoxy) is 1. The van der Waals surface area contributed by atoms with Crippen LogP contribution in [0.2, 0.25) is 0 Å². The second kappa shape index (κ2) is 19.8. The van der Waals surface area contributed by atoms with Gasteiger partial charge < -0.3 is 27.0 Å². The van der Waals surface area contributed by atoms with Crippen molar-refractivity contribution in [3.8, 4) is 5.75 Å². The molecule has 0 atom stereocenters. The van der Waals surface area contributed by atoms with E-state index in [2.05, 4.69) is 22.3 Å². The maximum atomic E-state index is 14.5. The summed E-state index contributed by atoms with van der Waals surface area (Å²) in [6.07, 6.45) is 17.3. The summed E-state index contributed by atoms with van der Waals surface area (Å²) in [6, 6.07) is 12.6. The van der Waals surface area contributed by atoms with Crippen molar-refractivity contribution < 1.29 is 35.5 Å². The van der Waals surface area contributed by atoms with Crippen molar-refractivity contribution in [2.75, 3.05) is 11.9 Å². The lowest BCUT2D eigenvalue weighted by atomic mass is 10.1. The molecule has 0 aliphatic carbocycles. The number of hydrogen-bond acceptors (Lipinski definition) is 3. The molecule has 39 heavy (non-hydrogen) atoms. The Morgan fingerprint density at radius 2 is 1.54 bits per heavy atom. The Morgan fingerprint density at radius 3 is 2.15 bits per heavy atom. The van der Waals surface area contributed by atoms with Gasteiger partial charge in [0.1, 0.15) is 0 Å². The normalized spacial score (nSPS) is 10.7. The lowest BCUT2D eigenvalue weighted by molar-refractivity contribution is -0.683. The summed E-state index contributed by atoms with van der Waals surface area (Å²) in [5.74, 6) is -0.399. The number of carbonyl (C=O) groups is 1. The summed E-state index contributed by atoms with van der Waals surface area (Å²) in [5.41, 5.74) is 4.52. The molecule has 1 aromatic heterocycles. The van der Waals surface area contributed by atoms with Crippen molar-refractivity contribution in [2.45, 2.75) is 96.9 Å². The van der Waals surface area contributed by atoms with Crippen LogP contribution in [0.1, 0.15) is 95.1 Å². The summed E-state index contributed by atoms with van der Waals surface area (Å²) in [4.78, 5) is 12.7. The number of hydrogen-bond donors (Lipinski definition) is 1. The van der Waals surface area contributed by atoms with E-state index in [9.17, 15) is 9.18 Å². The molecule has 0 bridgehead atoms. The van der Waals surface area contributed by atoms with Gasteiger partial charge in [-0.15, -0.1) is 0 Å². The van der Waals surface area contributed by atoms with Gasteiger partial charge in [0.25, 0.3) is 0 Å². The van der Waals surface area contributed by atoms with Crippen LogP contribution in [0.4, 0.5) is 10.1 Å². The van der Waals surface area contributed by atoms with Gasteiger partial charge in [0.15, 0.2) is 24.3 Å². The molecule has 7 heteroatoms. The van der Waals surface area contributed by atoms with Crippen LogP contribution >= 0.6 is 11.3 Å². The molecule has 1 amide bonds. The Kier molecular flexibility index (Phi) is 16.7. The number of anilines is 1. The number of carbonyl (C=O) groups excluding carboxylic acids is 1. The number of aromatic nitrogens is 1. The molecule has 1 heterocycles. The van der Waals surface area contributed by atoms with Gasteiger partial charge in [0, 0.05) is 16.8 Å². The Hall–Kier alpha value is -2.25. The van der Waals surface area contributed by atoms with E-state index in [0.29, 0.717) is 12.2 Å². The molecule has 0 unspecified atom stereocenters. The predicted molar refractivity (Wildman–Crippen MR) is 155 cm³/mol. The van der Waals surface area contributed by atoms with Crippen LogP contribution < -0.4 is 31.6 Å². The number of nitrogens with zero attached hydrogens (tertiary/aromatic N) is 1. The molecule has 0 spiro atoms. The van der Waals surface area contributed by atoms with Gasteiger partial charge in [0.2, 0.25) is 11.4 Å². The molecule has 0 saturated carbocycles. The minimum Gasteiger partial charge on any atom is -1.00 e. The number of para-hydroxylation sites is 1. The van der Waals surface area contributed by atoms with Gasteiger partial charge in [0.05, 0.1) is 18.4 Å². The van der Waals surface area contributed by atoms with Gasteiger partial charge in [-0.1, -0.05) is 113 Å². The molecule has 3 aromatic rings. The van der Waals surface area contributed by atoms with Crippen LogP contribution in [0, 0.1) is 5.82 Å². The van der Waals surface area contributed by atoms with Crippen LogP contribution in [-0.2, 0) is 17.8 Å². The number of unbranched alkanes of at least 4 members (excludes halogenated alkanes) is 11. The summed E-state index contributed by atoms with van der Waals surface area (Å²) in [6.45, 7) is 3.52. The first kappa shape index (κ1) is 33.0. The third kappa shape index (κ3) is 13.1. The van der Waals surface area contributed by atoms with E-state index in [4.69, 9.17) is 4.74 Å². The summed E-state index contributed by atoms with van der Waals surface area (Å²) < 4.78 is 22.4. The average Bonchev–Trinajstić information content (AvgIpc) is 3.42. The van der Waals surface area contributed by atoms with Crippen molar-refractivity contribution in [2.24, 2.45) is 0 Å². The highest BCUT2D eigenvalue weighted by atomic mass is 79.9. The molecule has 1 N–H and O–H groups in total. The second-order valence-electron chi connectivity index (χ2n) is 10.1.